The van der Waals surface area contributed by atoms with Gasteiger partial charge in [-0.15, -0.1) is 0 Å². The first kappa shape index (κ1) is 8.52. The molecule has 0 fully saturated rings. The van der Waals surface area contributed by atoms with Crippen molar-refractivity contribution in [2.45, 2.75) is 13.8 Å². The van der Waals surface area contributed by atoms with Crippen LogP contribution in [0.3, 0.4) is 0 Å². The predicted molar refractivity (Wildman–Crippen MR) is 52.6 cm³/mol. The highest BCUT2D eigenvalue weighted by atomic mass is 32.1. The molecule has 0 atom stereocenters. The predicted octanol–water partition coefficient (Wildman–Crippen LogP) is 1.75. The Morgan fingerprint density at radius 1 is 0.923 bits per heavy atom. The van der Waals surface area contributed by atoms with Crippen molar-refractivity contribution in [1.82, 2.24) is 18.7 Å². The summed E-state index contributed by atoms with van der Waals surface area (Å²) in [5, 5.41) is 4.55. The van der Waals surface area contributed by atoms with Crippen LogP contribution in [0.4, 0.5) is 10.3 Å². The van der Waals surface area contributed by atoms with Gasteiger partial charge in [-0.2, -0.15) is 8.75 Å². The molecule has 0 aliphatic carbocycles. The van der Waals surface area contributed by atoms with E-state index in [1.165, 1.54) is 23.1 Å². The number of hydrogen-bond acceptors (Lipinski definition) is 7. The summed E-state index contributed by atoms with van der Waals surface area (Å²) in [5.74, 6) is 1.54. The number of anilines is 2. The van der Waals surface area contributed by atoms with Crippen molar-refractivity contribution in [3.8, 4) is 0 Å². The minimum Gasteiger partial charge on any atom is -0.305 e. The SMILES string of the molecule is Cc1nsc(Nc2nc(C)ns2)n1. The number of aryl methyl sites for hydroxylation is 2. The number of nitrogens with one attached hydrogen (secondary N) is 1. The molecule has 68 valence electrons. The highest BCUT2D eigenvalue weighted by molar-refractivity contribution is 7.12. The molecule has 0 bridgehead atoms. The van der Waals surface area contributed by atoms with E-state index >= 15 is 0 Å². The average Bonchev–Trinajstić information content (AvgIpc) is 2.62. The van der Waals surface area contributed by atoms with Crippen molar-refractivity contribution < 1.29 is 0 Å². The summed E-state index contributed by atoms with van der Waals surface area (Å²) in [5.41, 5.74) is 0. The van der Waals surface area contributed by atoms with Gasteiger partial charge in [-0.1, -0.05) is 0 Å². The Hall–Kier alpha value is -1.08. The molecule has 0 unspecified atom stereocenters. The molecule has 7 heteroatoms. The molecule has 13 heavy (non-hydrogen) atoms. The molecule has 0 aliphatic rings. The van der Waals surface area contributed by atoms with Gasteiger partial charge in [-0.3, -0.25) is 0 Å². The van der Waals surface area contributed by atoms with E-state index in [0.717, 1.165) is 21.9 Å². The lowest BCUT2D eigenvalue weighted by molar-refractivity contribution is 1.15. The fourth-order valence-electron chi connectivity index (χ4n) is 0.787. The van der Waals surface area contributed by atoms with Gasteiger partial charge in [0.2, 0.25) is 10.3 Å². The van der Waals surface area contributed by atoms with E-state index in [0.29, 0.717) is 0 Å². The lowest BCUT2D eigenvalue weighted by Gasteiger charge is -1.91. The maximum absolute atomic E-state index is 4.15. The lowest BCUT2D eigenvalue weighted by Crippen LogP contribution is -1.88. The van der Waals surface area contributed by atoms with Gasteiger partial charge >= 0.3 is 0 Å². The summed E-state index contributed by atoms with van der Waals surface area (Å²) in [6.07, 6.45) is 0. The second kappa shape index (κ2) is 3.35. The van der Waals surface area contributed by atoms with E-state index in [4.69, 9.17) is 0 Å². The molecule has 1 N–H and O–H groups in total. The molecule has 0 amide bonds. The first-order valence-electron chi connectivity index (χ1n) is 3.62. The van der Waals surface area contributed by atoms with Crippen molar-refractivity contribution in [2.75, 3.05) is 5.32 Å². The van der Waals surface area contributed by atoms with Crippen LogP contribution in [0.2, 0.25) is 0 Å². The van der Waals surface area contributed by atoms with Crippen LogP contribution >= 0.6 is 23.1 Å². The zero-order valence-electron chi connectivity index (χ0n) is 7.11. The quantitative estimate of drug-likeness (QED) is 0.823. The van der Waals surface area contributed by atoms with E-state index in [2.05, 4.69) is 24.0 Å². The molecule has 0 radical (unpaired) electrons. The Kier molecular flexibility index (Phi) is 2.19. The molecule has 0 aromatic carbocycles. The monoisotopic (exact) mass is 213 g/mol. The van der Waals surface area contributed by atoms with E-state index in [9.17, 15) is 0 Å². The van der Waals surface area contributed by atoms with Crippen LogP contribution in [0.5, 0.6) is 0 Å². The standard InChI is InChI=1S/C6H7N5S2/c1-3-7-5(12-10-3)9-6-8-4(2)11-13-6/h1-2H3,(H,7,8,9,10,11). The highest BCUT2D eigenvalue weighted by Crippen LogP contribution is 2.19. The molecule has 2 rings (SSSR count). The van der Waals surface area contributed by atoms with Crippen LogP contribution < -0.4 is 5.32 Å². The molecular weight excluding hydrogens is 206 g/mol. The number of rotatable bonds is 2. The van der Waals surface area contributed by atoms with Crippen LogP contribution in [0, 0.1) is 13.8 Å². The fraction of sp³-hybridized carbons (Fsp3) is 0.333. The smallest absolute Gasteiger partial charge is 0.208 e. The Bertz CT molecular complexity index is 368. The second-order valence-electron chi connectivity index (χ2n) is 2.42. The van der Waals surface area contributed by atoms with E-state index in [-0.39, 0.29) is 0 Å². The molecule has 2 aromatic heterocycles. The minimum atomic E-state index is 0.758. The highest BCUT2D eigenvalue weighted by Gasteiger charge is 2.03. The molecule has 5 nitrogen and oxygen atoms in total. The Balaban J connectivity index is 2.14. The van der Waals surface area contributed by atoms with Gasteiger partial charge in [0, 0.05) is 23.1 Å². The third-order valence-corrected chi connectivity index (χ3v) is 2.71. The first-order valence-corrected chi connectivity index (χ1v) is 5.16. The topological polar surface area (TPSA) is 63.6 Å². The van der Waals surface area contributed by atoms with E-state index in [1.54, 1.807) is 0 Å². The third-order valence-electron chi connectivity index (χ3n) is 1.27. The number of aromatic nitrogens is 4. The van der Waals surface area contributed by atoms with Gasteiger partial charge in [0.1, 0.15) is 11.6 Å². The summed E-state index contributed by atoms with van der Waals surface area (Å²) < 4.78 is 8.09. The Morgan fingerprint density at radius 2 is 1.38 bits per heavy atom. The van der Waals surface area contributed by atoms with Crippen molar-refractivity contribution in [2.24, 2.45) is 0 Å². The zero-order chi connectivity index (χ0) is 9.26. The van der Waals surface area contributed by atoms with E-state index < -0.39 is 0 Å². The van der Waals surface area contributed by atoms with Gasteiger partial charge in [0.15, 0.2) is 0 Å². The van der Waals surface area contributed by atoms with Gasteiger partial charge in [-0.05, 0) is 13.8 Å². The largest absolute Gasteiger partial charge is 0.305 e. The number of hydrogen-bond donors (Lipinski definition) is 1. The maximum Gasteiger partial charge on any atom is 0.208 e. The summed E-state index contributed by atoms with van der Waals surface area (Å²) in [6.45, 7) is 3.71. The zero-order valence-corrected chi connectivity index (χ0v) is 8.74. The van der Waals surface area contributed by atoms with Crippen LogP contribution in [0.1, 0.15) is 11.6 Å². The lowest BCUT2D eigenvalue weighted by atomic mass is 10.7. The van der Waals surface area contributed by atoms with Crippen LogP contribution in [0.25, 0.3) is 0 Å². The normalized spacial score (nSPS) is 10.3. The minimum absolute atomic E-state index is 0.758. The fourth-order valence-corrected chi connectivity index (χ4v) is 2.00. The second-order valence-corrected chi connectivity index (χ2v) is 3.92. The molecule has 0 saturated heterocycles. The van der Waals surface area contributed by atoms with Gasteiger partial charge in [-0.25, -0.2) is 9.97 Å². The van der Waals surface area contributed by atoms with Crippen molar-refractivity contribution in [3.05, 3.63) is 11.6 Å². The Morgan fingerprint density at radius 3 is 1.69 bits per heavy atom. The summed E-state index contributed by atoms with van der Waals surface area (Å²) in [4.78, 5) is 8.30. The number of nitrogens with zero attached hydrogens (tertiary/aromatic N) is 4. The molecule has 0 spiro atoms. The van der Waals surface area contributed by atoms with Gasteiger partial charge in [0.05, 0.1) is 0 Å². The molecule has 0 aliphatic heterocycles. The maximum atomic E-state index is 4.15. The summed E-state index contributed by atoms with van der Waals surface area (Å²) in [7, 11) is 0. The summed E-state index contributed by atoms with van der Waals surface area (Å²) in [6, 6.07) is 0. The summed E-state index contributed by atoms with van der Waals surface area (Å²) >= 11 is 2.64. The van der Waals surface area contributed by atoms with Crippen LogP contribution in [0.15, 0.2) is 0 Å². The third kappa shape index (κ3) is 1.99. The molecule has 2 heterocycles. The first-order chi connectivity index (χ1) is 6.24. The van der Waals surface area contributed by atoms with Crippen LogP contribution in [-0.4, -0.2) is 18.7 Å². The Labute approximate surface area is 83.2 Å². The van der Waals surface area contributed by atoms with E-state index in [1.807, 2.05) is 13.8 Å². The van der Waals surface area contributed by atoms with Crippen molar-refractivity contribution in [3.63, 3.8) is 0 Å². The molecule has 0 saturated carbocycles. The molecular formula is C6H7N5S2. The van der Waals surface area contributed by atoms with Gasteiger partial charge in [0.25, 0.3) is 0 Å². The molecule has 2 aromatic rings. The van der Waals surface area contributed by atoms with Crippen LogP contribution in [-0.2, 0) is 0 Å². The average molecular weight is 213 g/mol. The van der Waals surface area contributed by atoms with Gasteiger partial charge < -0.3 is 5.32 Å². The van der Waals surface area contributed by atoms with Crippen molar-refractivity contribution >= 4 is 33.3 Å². The van der Waals surface area contributed by atoms with Crippen molar-refractivity contribution in [1.29, 1.82) is 0 Å².